The predicted octanol–water partition coefficient (Wildman–Crippen LogP) is 3.65. The summed E-state index contributed by atoms with van der Waals surface area (Å²) in [6, 6.07) is 2.90. The summed E-state index contributed by atoms with van der Waals surface area (Å²) in [4.78, 5) is 2.59. The van der Waals surface area contributed by atoms with Gasteiger partial charge in [0.2, 0.25) is 0 Å². The molecule has 1 saturated carbocycles. The topological polar surface area (TPSA) is 28.4 Å². The Morgan fingerprint density at radius 3 is 2.60 bits per heavy atom. The van der Waals surface area contributed by atoms with Crippen LogP contribution in [-0.2, 0) is 13.1 Å². The molecule has 0 amide bonds. The summed E-state index contributed by atoms with van der Waals surface area (Å²) < 4.78 is 5.73. The van der Waals surface area contributed by atoms with E-state index in [9.17, 15) is 0 Å². The van der Waals surface area contributed by atoms with Crippen LogP contribution in [0.15, 0.2) is 16.7 Å². The predicted molar refractivity (Wildman–Crippen MR) is 83.5 cm³/mol. The third-order valence-electron chi connectivity index (χ3n) is 3.72. The Morgan fingerprint density at radius 2 is 2.00 bits per heavy atom. The third-order valence-corrected chi connectivity index (χ3v) is 3.72. The van der Waals surface area contributed by atoms with Gasteiger partial charge in [-0.1, -0.05) is 27.7 Å². The molecule has 3 heteroatoms. The molecule has 0 aromatic carbocycles. The van der Waals surface area contributed by atoms with Gasteiger partial charge in [0.05, 0.1) is 12.8 Å². The van der Waals surface area contributed by atoms with Crippen molar-refractivity contribution in [1.82, 2.24) is 10.2 Å². The molecule has 1 N–H and O–H groups in total. The fourth-order valence-corrected chi connectivity index (χ4v) is 2.59. The molecule has 1 heterocycles. The summed E-state index contributed by atoms with van der Waals surface area (Å²) in [5.74, 6) is 2.55. The van der Waals surface area contributed by atoms with E-state index in [2.05, 4.69) is 44.0 Å². The molecule has 1 aromatic heterocycles. The first-order valence-electron chi connectivity index (χ1n) is 8.06. The largest absolute Gasteiger partial charge is 0.468 e. The van der Waals surface area contributed by atoms with Crippen LogP contribution in [0.25, 0.3) is 0 Å². The highest BCUT2D eigenvalue weighted by molar-refractivity contribution is 5.17. The summed E-state index contributed by atoms with van der Waals surface area (Å²) in [6.45, 7) is 13.2. The zero-order valence-corrected chi connectivity index (χ0v) is 13.5. The summed E-state index contributed by atoms with van der Waals surface area (Å²) in [7, 11) is 0. The first-order chi connectivity index (χ1) is 9.56. The Kier molecular flexibility index (Phi) is 5.67. The molecule has 20 heavy (non-hydrogen) atoms. The van der Waals surface area contributed by atoms with Crippen molar-refractivity contribution in [3.05, 3.63) is 23.7 Å². The van der Waals surface area contributed by atoms with Crippen molar-refractivity contribution >= 4 is 0 Å². The fraction of sp³-hybridized carbons (Fsp3) is 0.765. The van der Waals surface area contributed by atoms with E-state index in [0.717, 1.165) is 31.4 Å². The number of nitrogens with one attached hydrogen (secondary N) is 1. The monoisotopic (exact) mass is 278 g/mol. The molecule has 0 saturated heterocycles. The minimum Gasteiger partial charge on any atom is -0.468 e. The van der Waals surface area contributed by atoms with Gasteiger partial charge >= 0.3 is 0 Å². The van der Waals surface area contributed by atoms with E-state index in [0.29, 0.717) is 11.8 Å². The van der Waals surface area contributed by atoms with E-state index in [1.54, 1.807) is 0 Å². The van der Waals surface area contributed by atoms with Crippen LogP contribution in [0.3, 0.4) is 0 Å². The Hall–Kier alpha value is -0.800. The van der Waals surface area contributed by atoms with Crippen LogP contribution in [0.4, 0.5) is 0 Å². The average molecular weight is 278 g/mol. The lowest BCUT2D eigenvalue weighted by Crippen LogP contribution is -2.30. The maximum absolute atomic E-state index is 5.73. The number of hydrogen-bond acceptors (Lipinski definition) is 3. The molecule has 114 valence electrons. The second-order valence-corrected chi connectivity index (χ2v) is 6.95. The minimum absolute atomic E-state index is 0.689. The van der Waals surface area contributed by atoms with Gasteiger partial charge in [-0.15, -0.1) is 0 Å². The molecule has 1 fully saturated rings. The summed E-state index contributed by atoms with van der Waals surface area (Å²) in [5, 5.41) is 3.51. The molecule has 3 nitrogen and oxygen atoms in total. The zero-order valence-electron chi connectivity index (χ0n) is 13.5. The van der Waals surface area contributed by atoms with E-state index < -0.39 is 0 Å². The SMILES string of the molecule is CC(C)CNCc1ccoc1CN(CC(C)C)C1CC1. The van der Waals surface area contributed by atoms with Gasteiger partial charge in [0.1, 0.15) is 5.76 Å². The summed E-state index contributed by atoms with van der Waals surface area (Å²) in [6.07, 6.45) is 4.55. The molecule has 1 aromatic rings. The van der Waals surface area contributed by atoms with E-state index >= 15 is 0 Å². The molecule has 0 aliphatic heterocycles. The second-order valence-electron chi connectivity index (χ2n) is 6.95. The zero-order chi connectivity index (χ0) is 14.5. The second kappa shape index (κ2) is 7.28. The van der Waals surface area contributed by atoms with Crippen molar-refractivity contribution in [2.75, 3.05) is 13.1 Å². The van der Waals surface area contributed by atoms with Crippen molar-refractivity contribution < 1.29 is 4.42 Å². The molecule has 0 bridgehead atoms. The lowest BCUT2D eigenvalue weighted by atomic mass is 10.1. The minimum atomic E-state index is 0.689. The Morgan fingerprint density at radius 1 is 1.25 bits per heavy atom. The van der Waals surface area contributed by atoms with Crippen LogP contribution in [0, 0.1) is 11.8 Å². The standard InChI is InChI=1S/C17H30N2O/c1-13(2)9-18-10-15-7-8-20-17(15)12-19(11-14(3)4)16-5-6-16/h7-8,13-14,16,18H,5-6,9-12H2,1-4H3. The van der Waals surface area contributed by atoms with Crippen LogP contribution in [0.2, 0.25) is 0 Å². The lowest BCUT2D eigenvalue weighted by Gasteiger charge is -2.23. The average Bonchev–Trinajstić information content (AvgIpc) is 3.11. The van der Waals surface area contributed by atoms with Crippen LogP contribution in [-0.4, -0.2) is 24.0 Å². The van der Waals surface area contributed by atoms with Gasteiger partial charge in [0, 0.05) is 24.7 Å². The quantitative estimate of drug-likeness (QED) is 0.747. The normalized spacial score (nSPS) is 15.8. The number of rotatable bonds is 9. The highest BCUT2D eigenvalue weighted by Gasteiger charge is 2.30. The number of nitrogens with zero attached hydrogens (tertiary/aromatic N) is 1. The molecule has 2 rings (SSSR count). The number of hydrogen-bond donors (Lipinski definition) is 1. The summed E-state index contributed by atoms with van der Waals surface area (Å²) in [5.41, 5.74) is 1.32. The van der Waals surface area contributed by atoms with Gasteiger partial charge in [-0.2, -0.15) is 0 Å². The Labute approximate surface area is 123 Å². The fourth-order valence-electron chi connectivity index (χ4n) is 2.59. The van der Waals surface area contributed by atoms with E-state index in [1.807, 2.05) is 6.26 Å². The van der Waals surface area contributed by atoms with Gasteiger partial charge in [0.15, 0.2) is 0 Å². The molecule has 1 aliphatic rings. The molecule has 1 aliphatic carbocycles. The first-order valence-corrected chi connectivity index (χ1v) is 8.06. The van der Waals surface area contributed by atoms with Gasteiger partial charge in [-0.25, -0.2) is 0 Å². The van der Waals surface area contributed by atoms with Crippen molar-refractivity contribution in [3.8, 4) is 0 Å². The highest BCUT2D eigenvalue weighted by atomic mass is 16.3. The van der Waals surface area contributed by atoms with Crippen molar-refractivity contribution in [3.63, 3.8) is 0 Å². The molecule has 0 atom stereocenters. The third kappa shape index (κ3) is 4.95. The van der Waals surface area contributed by atoms with Crippen molar-refractivity contribution in [1.29, 1.82) is 0 Å². The molecule has 0 unspecified atom stereocenters. The van der Waals surface area contributed by atoms with Crippen LogP contribution >= 0.6 is 0 Å². The molecule has 0 spiro atoms. The highest BCUT2D eigenvalue weighted by Crippen LogP contribution is 2.29. The van der Waals surface area contributed by atoms with E-state index in [4.69, 9.17) is 4.42 Å². The molecule has 0 radical (unpaired) electrons. The lowest BCUT2D eigenvalue weighted by molar-refractivity contribution is 0.208. The van der Waals surface area contributed by atoms with Crippen LogP contribution in [0.1, 0.15) is 51.9 Å². The van der Waals surface area contributed by atoms with Gasteiger partial charge < -0.3 is 9.73 Å². The van der Waals surface area contributed by atoms with Gasteiger partial charge in [-0.05, 0) is 37.3 Å². The van der Waals surface area contributed by atoms with Crippen LogP contribution in [0.5, 0.6) is 0 Å². The van der Waals surface area contributed by atoms with E-state index in [1.165, 1.54) is 24.9 Å². The maximum Gasteiger partial charge on any atom is 0.122 e. The Balaban J connectivity index is 1.89. The number of furan rings is 1. The van der Waals surface area contributed by atoms with Crippen molar-refractivity contribution in [2.24, 2.45) is 11.8 Å². The van der Waals surface area contributed by atoms with Gasteiger partial charge in [-0.3, -0.25) is 4.90 Å². The molecular formula is C17H30N2O. The smallest absolute Gasteiger partial charge is 0.122 e. The van der Waals surface area contributed by atoms with E-state index in [-0.39, 0.29) is 0 Å². The Bertz CT molecular complexity index is 393. The first kappa shape index (κ1) is 15.6. The van der Waals surface area contributed by atoms with Crippen molar-refractivity contribution in [2.45, 2.75) is 59.7 Å². The van der Waals surface area contributed by atoms with Gasteiger partial charge in [0.25, 0.3) is 0 Å². The molecular weight excluding hydrogens is 248 g/mol. The van der Waals surface area contributed by atoms with Crippen LogP contribution < -0.4 is 5.32 Å². The summed E-state index contributed by atoms with van der Waals surface area (Å²) >= 11 is 0. The maximum atomic E-state index is 5.73.